The zero-order chi connectivity index (χ0) is 28.2. The van der Waals surface area contributed by atoms with Gasteiger partial charge in [-0.15, -0.1) is 0 Å². The van der Waals surface area contributed by atoms with E-state index in [9.17, 15) is 0 Å². The molecule has 0 saturated heterocycles. The number of hydrogen-bond acceptors (Lipinski definition) is 3. The summed E-state index contributed by atoms with van der Waals surface area (Å²) >= 11 is 0. The summed E-state index contributed by atoms with van der Waals surface area (Å²) in [7, 11) is 0. The molecule has 2 aliphatic carbocycles. The molecule has 0 radical (unpaired) electrons. The smallest absolute Gasteiger partial charge is 0.280 e. The van der Waals surface area contributed by atoms with Gasteiger partial charge in [-0.1, -0.05) is 103 Å². The Balaban J connectivity index is 1.22. The van der Waals surface area contributed by atoms with Gasteiger partial charge in [0.1, 0.15) is 5.75 Å². The first-order valence-corrected chi connectivity index (χ1v) is 16.2. The second kappa shape index (κ2) is 15.8. The molecule has 2 aromatic rings. The Kier molecular flexibility index (Phi) is 12.2. The van der Waals surface area contributed by atoms with Crippen LogP contribution in [0.15, 0.2) is 24.4 Å². The third-order valence-corrected chi connectivity index (χ3v) is 8.79. The Morgan fingerprint density at radius 3 is 2.17 bits per heavy atom. The molecule has 6 heteroatoms. The zero-order valence-corrected chi connectivity index (χ0v) is 24.5. The Hall–Kier alpha value is -2.11. The van der Waals surface area contributed by atoms with Crippen LogP contribution < -0.4 is 4.74 Å². The van der Waals surface area contributed by atoms with Crippen LogP contribution in [0.3, 0.4) is 0 Å². The van der Waals surface area contributed by atoms with E-state index < -0.39 is 23.4 Å². The molecule has 2 heterocycles. The molecule has 1 atom stereocenters. The van der Waals surface area contributed by atoms with Crippen molar-refractivity contribution < 1.29 is 17.9 Å². The molecular weight excluding hydrogens is 509 g/mol. The first-order valence-electron chi connectivity index (χ1n) is 16.2. The number of aryl methyl sites for hydroxylation is 1. The van der Waals surface area contributed by atoms with Crippen molar-refractivity contribution >= 4 is 0 Å². The maximum absolute atomic E-state index is 15.4. The molecule has 0 spiro atoms. The van der Waals surface area contributed by atoms with Crippen molar-refractivity contribution in [1.29, 1.82) is 0 Å². The predicted octanol–water partition coefficient (Wildman–Crippen LogP) is 10.6. The van der Waals surface area contributed by atoms with E-state index in [1.807, 2.05) is 0 Å². The van der Waals surface area contributed by atoms with E-state index in [0.29, 0.717) is 48.6 Å². The van der Waals surface area contributed by atoms with Gasteiger partial charge in [0.05, 0.1) is 29.8 Å². The molecule has 2 aliphatic rings. The molecule has 0 N–H and O–H groups in total. The predicted molar refractivity (Wildman–Crippen MR) is 156 cm³/mol. The number of rotatable bonds is 19. The maximum Gasteiger partial charge on any atom is 0.280 e. The number of ether oxygens (including phenoxy) is 1. The topological polar surface area (TPSA) is 35.0 Å². The van der Waals surface area contributed by atoms with Gasteiger partial charge in [0.25, 0.3) is 5.92 Å². The number of alkyl halides is 2. The molecular formula is C34H49F3N2O. The van der Waals surface area contributed by atoms with E-state index in [0.717, 1.165) is 38.0 Å². The molecule has 1 unspecified atom stereocenters. The first-order chi connectivity index (χ1) is 19.5. The zero-order valence-electron chi connectivity index (χ0n) is 24.5. The fourth-order valence-electron chi connectivity index (χ4n) is 6.09. The molecule has 0 aliphatic heterocycles. The summed E-state index contributed by atoms with van der Waals surface area (Å²) in [5.74, 6) is -3.40. The molecule has 40 heavy (non-hydrogen) atoms. The van der Waals surface area contributed by atoms with E-state index in [-0.39, 0.29) is 0 Å². The molecule has 222 valence electrons. The lowest BCUT2D eigenvalue weighted by Crippen LogP contribution is -2.33. The van der Waals surface area contributed by atoms with Gasteiger partial charge in [-0.3, -0.25) is 4.98 Å². The molecule has 3 nitrogen and oxygen atoms in total. The molecule has 1 saturated carbocycles. The fourth-order valence-corrected chi connectivity index (χ4v) is 6.09. The van der Waals surface area contributed by atoms with Gasteiger partial charge in [0.15, 0.2) is 0 Å². The third-order valence-electron chi connectivity index (χ3n) is 8.79. The molecule has 2 aromatic heterocycles. The summed E-state index contributed by atoms with van der Waals surface area (Å²) in [5.41, 5.74) is 0.624. The van der Waals surface area contributed by atoms with Crippen LogP contribution in [0.25, 0.3) is 11.4 Å². The van der Waals surface area contributed by atoms with Crippen molar-refractivity contribution in [3.05, 3.63) is 41.5 Å². The van der Waals surface area contributed by atoms with Crippen LogP contribution in [-0.4, -0.2) is 16.6 Å². The van der Waals surface area contributed by atoms with Gasteiger partial charge in [0, 0.05) is 5.92 Å². The number of aromatic nitrogens is 2. The van der Waals surface area contributed by atoms with Gasteiger partial charge in [-0.25, -0.2) is 13.8 Å². The fraction of sp³-hybridized carbons (Fsp3) is 0.706. The highest BCUT2D eigenvalue weighted by molar-refractivity contribution is 5.57. The summed E-state index contributed by atoms with van der Waals surface area (Å²) < 4.78 is 51.7. The molecule has 0 amide bonds. The summed E-state index contributed by atoms with van der Waals surface area (Å²) in [5, 5.41) is 0. The second-order valence-electron chi connectivity index (χ2n) is 12.2. The van der Waals surface area contributed by atoms with Crippen molar-refractivity contribution in [2.24, 2.45) is 11.8 Å². The molecule has 0 bridgehead atoms. The van der Waals surface area contributed by atoms with Crippen LogP contribution in [0.4, 0.5) is 13.2 Å². The van der Waals surface area contributed by atoms with Crippen LogP contribution in [0.2, 0.25) is 0 Å². The van der Waals surface area contributed by atoms with Crippen molar-refractivity contribution in [2.45, 2.75) is 135 Å². The number of pyridine rings is 2. The van der Waals surface area contributed by atoms with Crippen molar-refractivity contribution in [2.75, 3.05) is 6.61 Å². The van der Waals surface area contributed by atoms with Crippen LogP contribution in [-0.2, 0) is 12.3 Å². The summed E-state index contributed by atoms with van der Waals surface area (Å²) in [6.07, 6.45) is 22.2. The molecule has 4 rings (SSSR count). The minimum atomic E-state index is -3.19. The number of halogens is 3. The Morgan fingerprint density at radius 2 is 1.50 bits per heavy atom. The monoisotopic (exact) mass is 558 g/mol. The standard InChI is InChI=1S/C34H49F3N2O/c1-2-3-4-5-11-14-23-40-29-21-22-30(38-25-29)31-24-27-19-20-28(34(36,37)32(27)33(35)39-31)16-13-10-8-6-7-9-12-15-26-17-18-26/h21-22,24-26,28H,2-20,23H2,1H3. The van der Waals surface area contributed by atoms with Gasteiger partial charge in [-0.2, -0.15) is 4.39 Å². The minimum absolute atomic E-state index is 0.296. The highest BCUT2D eigenvalue weighted by Crippen LogP contribution is 2.47. The van der Waals surface area contributed by atoms with Crippen LogP contribution in [0.5, 0.6) is 5.75 Å². The lowest BCUT2D eigenvalue weighted by atomic mass is 9.78. The Morgan fingerprint density at radius 1 is 0.825 bits per heavy atom. The highest BCUT2D eigenvalue weighted by atomic mass is 19.3. The second-order valence-corrected chi connectivity index (χ2v) is 12.2. The number of hydrogen-bond donors (Lipinski definition) is 0. The largest absolute Gasteiger partial charge is 0.492 e. The normalized spacial score (nSPS) is 18.1. The van der Waals surface area contributed by atoms with Crippen LogP contribution in [0, 0.1) is 17.8 Å². The van der Waals surface area contributed by atoms with Gasteiger partial charge >= 0.3 is 0 Å². The Labute approximate surface area is 239 Å². The number of nitrogens with zero attached hydrogens (tertiary/aromatic N) is 2. The van der Waals surface area contributed by atoms with Crippen LogP contribution in [0.1, 0.15) is 134 Å². The average Bonchev–Trinajstić information content (AvgIpc) is 3.77. The van der Waals surface area contributed by atoms with E-state index in [1.54, 1.807) is 24.4 Å². The van der Waals surface area contributed by atoms with E-state index in [1.165, 1.54) is 70.6 Å². The average molecular weight is 559 g/mol. The Bertz CT molecular complexity index is 1020. The molecule has 0 aromatic carbocycles. The maximum atomic E-state index is 15.4. The summed E-state index contributed by atoms with van der Waals surface area (Å²) in [6.45, 7) is 2.84. The van der Waals surface area contributed by atoms with Crippen molar-refractivity contribution in [3.63, 3.8) is 0 Å². The van der Waals surface area contributed by atoms with Gasteiger partial charge in [-0.05, 0) is 55.4 Å². The SMILES string of the molecule is CCCCCCCCOc1ccc(-c2cc3c(c(F)n2)C(F)(F)C(CCCCCCCCCC2CC2)CC3)nc1. The van der Waals surface area contributed by atoms with Crippen molar-refractivity contribution in [3.8, 4) is 17.1 Å². The van der Waals surface area contributed by atoms with Gasteiger partial charge in [0.2, 0.25) is 5.95 Å². The lowest BCUT2D eigenvalue weighted by Gasteiger charge is -2.33. The van der Waals surface area contributed by atoms with E-state index in [4.69, 9.17) is 4.74 Å². The highest BCUT2D eigenvalue weighted by Gasteiger charge is 2.47. The van der Waals surface area contributed by atoms with E-state index in [2.05, 4.69) is 16.9 Å². The first kappa shape index (κ1) is 30.8. The summed E-state index contributed by atoms with van der Waals surface area (Å²) in [4.78, 5) is 8.32. The number of fused-ring (bicyclic) bond motifs is 1. The molecule has 1 fully saturated rings. The van der Waals surface area contributed by atoms with E-state index >= 15 is 13.2 Å². The van der Waals surface area contributed by atoms with Crippen LogP contribution >= 0.6 is 0 Å². The third kappa shape index (κ3) is 9.21. The van der Waals surface area contributed by atoms with Gasteiger partial charge < -0.3 is 4.74 Å². The number of unbranched alkanes of at least 4 members (excludes halogenated alkanes) is 11. The minimum Gasteiger partial charge on any atom is -0.492 e. The quantitative estimate of drug-likeness (QED) is 0.127. The van der Waals surface area contributed by atoms with Crippen molar-refractivity contribution in [1.82, 2.24) is 9.97 Å². The summed E-state index contributed by atoms with van der Waals surface area (Å²) in [6, 6.07) is 5.11. The lowest BCUT2D eigenvalue weighted by molar-refractivity contribution is -0.0824.